The highest BCUT2D eigenvalue weighted by Crippen LogP contribution is 2.36. The van der Waals surface area contributed by atoms with Crippen molar-refractivity contribution in [1.82, 2.24) is 14.8 Å². The molecule has 0 aliphatic carbocycles. The van der Waals surface area contributed by atoms with E-state index in [1.54, 1.807) is 36.1 Å². The van der Waals surface area contributed by atoms with Gasteiger partial charge in [-0.1, -0.05) is 35.9 Å². The number of ether oxygens (including phenoxy) is 4. The lowest BCUT2D eigenvalue weighted by Gasteiger charge is -2.15. The van der Waals surface area contributed by atoms with Crippen molar-refractivity contribution in [2.24, 2.45) is 0 Å². The van der Waals surface area contributed by atoms with Crippen LogP contribution in [0.2, 0.25) is 5.02 Å². The SMILES string of the molecule is COCCOc1ccc(CCCOc2cc(CCC(=O)O)n(-c3ccccc3)n2)c(Oc2ncc(C(F)(F)F)cc2Cl)c1. The molecule has 13 heteroatoms. The third-order valence-corrected chi connectivity index (χ3v) is 6.40. The Bertz CT molecular complexity index is 1520. The fourth-order valence-electron chi connectivity index (χ4n) is 4.04. The predicted molar refractivity (Wildman–Crippen MR) is 151 cm³/mol. The van der Waals surface area contributed by atoms with Gasteiger partial charge in [0.1, 0.15) is 23.1 Å². The number of carboxylic acids is 1. The lowest BCUT2D eigenvalue weighted by atomic mass is 10.1. The lowest BCUT2D eigenvalue weighted by Crippen LogP contribution is -2.07. The summed E-state index contributed by atoms with van der Waals surface area (Å²) < 4.78 is 63.3. The van der Waals surface area contributed by atoms with E-state index in [2.05, 4.69) is 10.1 Å². The zero-order valence-electron chi connectivity index (χ0n) is 23.1. The van der Waals surface area contributed by atoms with Gasteiger partial charge >= 0.3 is 12.1 Å². The standard InChI is InChI=1S/C30H29ClF3N3O6/c1-40-14-15-41-24-11-9-20(26(18-24)43-29-25(31)16-21(19-35-29)30(32,33)34)6-5-13-42-27-17-23(10-12-28(38)39)37(36-27)22-7-3-2-4-8-22/h2-4,7-9,11,16-19H,5-6,10,12-15H2,1H3,(H,38,39). The zero-order valence-corrected chi connectivity index (χ0v) is 23.9. The first kappa shape index (κ1) is 31.6. The number of rotatable bonds is 15. The Morgan fingerprint density at radius 3 is 2.49 bits per heavy atom. The van der Waals surface area contributed by atoms with Crippen LogP contribution in [-0.4, -0.2) is 52.8 Å². The van der Waals surface area contributed by atoms with Gasteiger partial charge in [-0.15, -0.1) is 5.10 Å². The van der Waals surface area contributed by atoms with E-state index < -0.39 is 17.7 Å². The fraction of sp³-hybridized carbons (Fsp3) is 0.300. The summed E-state index contributed by atoms with van der Waals surface area (Å²) in [4.78, 5) is 14.9. The van der Waals surface area contributed by atoms with Crippen LogP contribution >= 0.6 is 11.6 Å². The number of halogens is 4. The molecule has 9 nitrogen and oxygen atoms in total. The topological polar surface area (TPSA) is 105 Å². The molecule has 0 fully saturated rings. The summed E-state index contributed by atoms with van der Waals surface area (Å²) in [6.45, 7) is 0.918. The third-order valence-electron chi connectivity index (χ3n) is 6.13. The quantitative estimate of drug-likeness (QED) is 0.145. The van der Waals surface area contributed by atoms with Crippen LogP contribution in [-0.2, 0) is 28.5 Å². The van der Waals surface area contributed by atoms with Crippen LogP contribution in [0.4, 0.5) is 13.2 Å². The minimum Gasteiger partial charge on any atom is -0.491 e. The van der Waals surface area contributed by atoms with Crippen LogP contribution in [0.15, 0.2) is 66.9 Å². The smallest absolute Gasteiger partial charge is 0.417 e. The Morgan fingerprint density at radius 1 is 1.00 bits per heavy atom. The van der Waals surface area contributed by atoms with Gasteiger partial charge in [0.2, 0.25) is 11.8 Å². The van der Waals surface area contributed by atoms with Crippen molar-refractivity contribution in [3.63, 3.8) is 0 Å². The number of nitrogens with zero attached hydrogens (tertiary/aromatic N) is 3. The van der Waals surface area contributed by atoms with Gasteiger partial charge < -0.3 is 24.1 Å². The molecule has 2 aromatic carbocycles. The van der Waals surface area contributed by atoms with Crippen molar-refractivity contribution in [3.8, 4) is 28.9 Å². The molecule has 43 heavy (non-hydrogen) atoms. The van der Waals surface area contributed by atoms with Gasteiger partial charge in [-0.05, 0) is 42.7 Å². The number of pyridine rings is 1. The summed E-state index contributed by atoms with van der Waals surface area (Å²) in [6, 6.07) is 16.9. The Morgan fingerprint density at radius 2 is 1.79 bits per heavy atom. The summed E-state index contributed by atoms with van der Waals surface area (Å²) >= 11 is 6.08. The van der Waals surface area contributed by atoms with E-state index in [0.29, 0.717) is 48.7 Å². The summed E-state index contributed by atoms with van der Waals surface area (Å²) in [6.07, 6.45) is -2.71. The average Bonchev–Trinajstić information content (AvgIpc) is 3.39. The molecular weight excluding hydrogens is 591 g/mol. The molecule has 0 spiro atoms. The number of carbonyl (C=O) groups is 1. The number of methoxy groups -OCH3 is 1. The van der Waals surface area contributed by atoms with Crippen molar-refractivity contribution in [1.29, 1.82) is 0 Å². The molecule has 2 aromatic heterocycles. The van der Waals surface area contributed by atoms with E-state index in [0.717, 1.165) is 17.3 Å². The number of hydrogen-bond acceptors (Lipinski definition) is 7. The summed E-state index contributed by atoms with van der Waals surface area (Å²) in [5.41, 5.74) is 1.21. The molecule has 0 atom stereocenters. The molecule has 0 saturated carbocycles. The van der Waals surface area contributed by atoms with E-state index >= 15 is 0 Å². The maximum absolute atomic E-state index is 13.1. The maximum atomic E-state index is 13.1. The minimum absolute atomic E-state index is 0.0519. The van der Waals surface area contributed by atoms with E-state index in [1.165, 1.54) is 0 Å². The largest absolute Gasteiger partial charge is 0.491 e. The molecule has 0 aliphatic heterocycles. The molecule has 0 amide bonds. The molecule has 0 aliphatic rings. The minimum atomic E-state index is -4.59. The molecule has 0 saturated heterocycles. The van der Waals surface area contributed by atoms with Crippen LogP contribution in [0.1, 0.15) is 29.7 Å². The second kappa shape index (κ2) is 14.7. The molecule has 0 unspecified atom stereocenters. The second-order valence-electron chi connectivity index (χ2n) is 9.29. The third kappa shape index (κ3) is 9.10. The van der Waals surface area contributed by atoms with Crippen molar-refractivity contribution in [3.05, 3.63) is 88.7 Å². The Hall–Kier alpha value is -4.29. The van der Waals surface area contributed by atoms with Gasteiger partial charge in [0, 0.05) is 37.6 Å². The first-order chi connectivity index (χ1) is 20.6. The predicted octanol–water partition coefficient (Wildman–Crippen LogP) is 6.79. The van der Waals surface area contributed by atoms with Crippen molar-refractivity contribution < 1.29 is 42.0 Å². The van der Waals surface area contributed by atoms with Crippen LogP contribution in [0, 0.1) is 0 Å². The number of aliphatic carboxylic acids is 1. The van der Waals surface area contributed by atoms with E-state index in [-0.39, 0.29) is 37.0 Å². The lowest BCUT2D eigenvalue weighted by molar-refractivity contribution is -0.138. The van der Waals surface area contributed by atoms with Crippen LogP contribution in [0.5, 0.6) is 23.3 Å². The van der Waals surface area contributed by atoms with Gasteiger partial charge in [0.15, 0.2) is 0 Å². The van der Waals surface area contributed by atoms with Gasteiger partial charge in [-0.2, -0.15) is 13.2 Å². The average molecular weight is 620 g/mol. The highest BCUT2D eigenvalue weighted by atomic mass is 35.5. The number of para-hydroxylation sites is 1. The fourth-order valence-corrected chi connectivity index (χ4v) is 4.24. The van der Waals surface area contributed by atoms with Gasteiger partial charge in [-0.3, -0.25) is 4.79 Å². The number of alkyl halides is 3. The van der Waals surface area contributed by atoms with Crippen LogP contribution in [0.3, 0.4) is 0 Å². The van der Waals surface area contributed by atoms with Gasteiger partial charge in [0.25, 0.3) is 0 Å². The van der Waals surface area contributed by atoms with Crippen molar-refractivity contribution >= 4 is 17.6 Å². The highest BCUT2D eigenvalue weighted by molar-refractivity contribution is 6.31. The highest BCUT2D eigenvalue weighted by Gasteiger charge is 2.32. The van der Waals surface area contributed by atoms with E-state index in [9.17, 15) is 18.0 Å². The first-order valence-corrected chi connectivity index (χ1v) is 13.7. The molecule has 1 N–H and O–H groups in total. The number of carboxylic acid groups (broad SMARTS) is 1. The molecular formula is C30H29ClF3N3O6. The van der Waals surface area contributed by atoms with Crippen molar-refractivity contribution in [2.75, 3.05) is 26.9 Å². The summed E-state index contributed by atoms with van der Waals surface area (Å²) in [5.74, 6) is 0.0397. The summed E-state index contributed by atoms with van der Waals surface area (Å²) in [5, 5.41) is 13.3. The zero-order chi connectivity index (χ0) is 30.8. The molecule has 228 valence electrons. The monoisotopic (exact) mass is 619 g/mol. The van der Waals surface area contributed by atoms with E-state index in [1.807, 2.05) is 30.3 Å². The summed E-state index contributed by atoms with van der Waals surface area (Å²) in [7, 11) is 1.55. The Labute approximate surface area is 250 Å². The number of aryl methyl sites for hydroxylation is 2. The van der Waals surface area contributed by atoms with Gasteiger partial charge in [-0.25, -0.2) is 9.67 Å². The number of aromatic nitrogens is 3. The Kier molecular flexibility index (Phi) is 10.8. The maximum Gasteiger partial charge on any atom is 0.417 e. The van der Waals surface area contributed by atoms with Crippen molar-refractivity contribution in [2.45, 2.75) is 31.9 Å². The molecule has 4 aromatic rings. The Balaban J connectivity index is 1.46. The number of hydrogen-bond donors (Lipinski definition) is 1. The molecule has 0 bridgehead atoms. The van der Waals surface area contributed by atoms with Crippen LogP contribution < -0.4 is 14.2 Å². The number of benzene rings is 2. The van der Waals surface area contributed by atoms with E-state index in [4.69, 9.17) is 35.7 Å². The normalized spacial score (nSPS) is 11.4. The second-order valence-corrected chi connectivity index (χ2v) is 9.70. The first-order valence-electron chi connectivity index (χ1n) is 13.3. The van der Waals surface area contributed by atoms with Gasteiger partial charge in [0.05, 0.1) is 30.9 Å². The van der Waals surface area contributed by atoms with Crippen LogP contribution in [0.25, 0.3) is 5.69 Å². The molecule has 0 radical (unpaired) electrons. The molecule has 2 heterocycles. The molecule has 4 rings (SSSR count).